The minimum atomic E-state index is -1.30. The Balaban J connectivity index is 1.45. The van der Waals surface area contributed by atoms with Crippen molar-refractivity contribution in [1.29, 1.82) is 0 Å². The minimum Gasteiger partial charge on any atom is -0.480 e. The van der Waals surface area contributed by atoms with Crippen LogP contribution in [0.3, 0.4) is 0 Å². The summed E-state index contributed by atoms with van der Waals surface area (Å²) in [6.07, 6.45) is 7.60. The number of rotatable bonds is 12. The summed E-state index contributed by atoms with van der Waals surface area (Å²) < 4.78 is 6.61. The number of nitrogens with zero attached hydrogens (tertiary/aromatic N) is 3. The van der Waals surface area contributed by atoms with Crippen molar-refractivity contribution in [3.05, 3.63) is 41.3 Å². The average Bonchev–Trinajstić information content (AvgIpc) is 3.32. The van der Waals surface area contributed by atoms with Crippen molar-refractivity contribution in [2.24, 2.45) is 0 Å². The number of aryl methyl sites for hydroxylation is 3. The monoisotopic (exact) mass is 472 g/mol. The molecule has 34 heavy (non-hydrogen) atoms. The molecular weight excluding hydrogens is 440 g/mol. The highest BCUT2D eigenvalue weighted by atomic mass is 16.5. The number of alkyl carbamates (subject to hydrolysis) is 1. The van der Waals surface area contributed by atoms with Crippen LogP contribution in [0.1, 0.15) is 54.2 Å². The minimum absolute atomic E-state index is 0.217. The molecule has 1 atom stereocenters. The van der Waals surface area contributed by atoms with Crippen LogP contribution in [0, 0.1) is 0 Å². The Kier molecular flexibility index (Phi) is 9.24. The first-order valence-electron chi connectivity index (χ1n) is 11.7. The van der Waals surface area contributed by atoms with E-state index >= 15 is 0 Å². The SMILES string of the molecule is CCCCCOC(=O)NC(CNC(=O)c1cnn(CCc2ccc3c(n2)NCCC3)c1)C(=O)O. The molecule has 0 fully saturated rings. The number of amides is 2. The first-order valence-corrected chi connectivity index (χ1v) is 11.7. The predicted molar refractivity (Wildman–Crippen MR) is 125 cm³/mol. The normalized spacial score (nSPS) is 13.3. The van der Waals surface area contributed by atoms with Crippen LogP contribution in [0.2, 0.25) is 0 Å². The lowest BCUT2D eigenvalue weighted by atomic mass is 10.1. The van der Waals surface area contributed by atoms with Gasteiger partial charge in [-0.05, 0) is 30.9 Å². The van der Waals surface area contributed by atoms with Gasteiger partial charge in [0, 0.05) is 37.9 Å². The summed E-state index contributed by atoms with van der Waals surface area (Å²) in [5.41, 5.74) is 2.46. The quantitative estimate of drug-likeness (QED) is 0.343. The maximum atomic E-state index is 12.4. The van der Waals surface area contributed by atoms with Gasteiger partial charge in [-0.2, -0.15) is 5.10 Å². The molecule has 2 aromatic heterocycles. The largest absolute Gasteiger partial charge is 0.480 e. The Morgan fingerprint density at radius 1 is 1.29 bits per heavy atom. The van der Waals surface area contributed by atoms with Crippen LogP contribution >= 0.6 is 0 Å². The van der Waals surface area contributed by atoms with Crippen LogP contribution in [0.5, 0.6) is 0 Å². The van der Waals surface area contributed by atoms with Crippen LogP contribution in [-0.2, 0) is 28.9 Å². The molecule has 0 aromatic carbocycles. The molecule has 0 radical (unpaired) electrons. The molecule has 0 bridgehead atoms. The van der Waals surface area contributed by atoms with Crippen molar-refractivity contribution in [3.63, 3.8) is 0 Å². The van der Waals surface area contributed by atoms with Gasteiger partial charge in [0.2, 0.25) is 0 Å². The van der Waals surface area contributed by atoms with Crippen LogP contribution in [0.4, 0.5) is 10.6 Å². The first-order chi connectivity index (χ1) is 16.5. The van der Waals surface area contributed by atoms with Crippen LogP contribution < -0.4 is 16.0 Å². The van der Waals surface area contributed by atoms with Gasteiger partial charge in [0.05, 0.1) is 18.4 Å². The van der Waals surface area contributed by atoms with Crippen molar-refractivity contribution in [2.75, 3.05) is 25.0 Å². The molecule has 2 amide bonds. The van der Waals surface area contributed by atoms with Gasteiger partial charge in [-0.15, -0.1) is 0 Å². The highest BCUT2D eigenvalue weighted by Crippen LogP contribution is 2.19. The van der Waals surface area contributed by atoms with Gasteiger partial charge >= 0.3 is 12.1 Å². The number of anilines is 1. The zero-order chi connectivity index (χ0) is 24.3. The van der Waals surface area contributed by atoms with E-state index in [2.05, 4.69) is 32.1 Å². The summed E-state index contributed by atoms with van der Waals surface area (Å²) in [4.78, 5) is 40.3. The maximum Gasteiger partial charge on any atom is 0.407 e. The summed E-state index contributed by atoms with van der Waals surface area (Å²) in [5.74, 6) is -0.809. The summed E-state index contributed by atoms with van der Waals surface area (Å²) >= 11 is 0. The van der Waals surface area contributed by atoms with E-state index in [1.54, 1.807) is 10.9 Å². The number of ether oxygens (including phenoxy) is 1. The fourth-order valence-electron chi connectivity index (χ4n) is 3.54. The van der Waals surface area contributed by atoms with E-state index in [1.807, 2.05) is 13.0 Å². The van der Waals surface area contributed by atoms with Crippen molar-refractivity contribution in [1.82, 2.24) is 25.4 Å². The number of hydrogen-bond acceptors (Lipinski definition) is 7. The molecule has 4 N–H and O–H groups in total. The number of unbranched alkanes of at least 4 members (excludes halogenated alkanes) is 2. The molecule has 184 valence electrons. The van der Waals surface area contributed by atoms with Gasteiger partial charge in [0.1, 0.15) is 11.9 Å². The van der Waals surface area contributed by atoms with E-state index < -0.39 is 24.0 Å². The zero-order valence-electron chi connectivity index (χ0n) is 19.4. The lowest BCUT2D eigenvalue weighted by molar-refractivity contribution is -0.139. The molecule has 3 rings (SSSR count). The third-order valence-corrected chi connectivity index (χ3v) is 5.48. The molecule has 0 aliphatic carbocycles. The number of nitrogens with one attached hydrogen (secondary N) is 3. The van der Waals surface area contributed by atoms with Gasteiger partial charge < -0.3 is 25.8 Å². The van der Waals surface area contributed by atoms with Crippen molar-refractivity contribution >= 4 is 23.8 Å². The second-order valence-corrected chi connectivity index (χ2v) is 8.17. The van der Waals surface area contributed by atoms with E-state index in [-0.39, 0.29) is 13.2 Å². The second kappa shape index (κ2) is 12.6. The average molecular weight is 473 g/mol. The topological polar surface area (TPSA) is 147 Å². The number of aromatic nitrogens is 3. The Bertz CT molecular complexity index is 992. The molecule has 0 saturated heterocycles. The second-order valence-electron chi connectivity index (χ2n) is 8.17. The van der Waals surface area contributed by atoms with Crippen molar-refractivity contribution in [3.8, 4) is 0 Å². The number of fused-ring (bicyclic) bond motifs is 1. The molecule has 1 aliphatic heterocycles. The third-order valence-electron chi connectivity index (χ3n) is 5.48. The number of pyridine rings is 1. The molecule has 0 spiro atoms. The third kappa shape index (κ3) is 7.46. The molecule has 11 nitrogen and oxygen atoms in total. The first kappa shape index (κ1) is 25.0. The molecule has 11 heteroatoms. The molecule has 1 aliphatic rings. The highest BCUT2D eigenvalue weighted by molar-refractivity contribution is 5.94. The van der Waals surface area contributed by atoms with Crippen LogP contribution in [0.15, 0.2) is 24.5 Å². The lowest BCUT2D eigenvalue weighted by Gasteiger charge is -2.17. The highest BCUT2D eigenvalue weighted by Gasteiger charge is 2.22. The number of carbonyl (C=O) groups excluding carboxylic acids is 2. The number of aliphatic carboxylic acids is 1. The summed E-state index contributed by atoms with van der Waals surface area (Å²) in [6, 6.07) is 2.80. The number of carbonyl (C=O) groups is 3. The summed E-state index contributed by atoms with van der Waals surface area (Å²) in [7, 11) is 0. The number of hydrogen-bond donors (Lipinski definition) is 4. The Hall–Kier alpha value is -3.63. The van der Waals surface area contributed by atoms with Gasteiger partial charge in [-0.1, -0.05) is 25.8 Å². The Morgan fingerprint density at radius 3 is 2.94 bits per heavy atom. The molecule has 2 aromatic rings. The molecular formula is C23H32N6O5. The Morgan fingerprint density at radius 2 is 2.15 bits per heavy atom. The number of carboxylic acids is 1. The standard InChI is InChI=1S/C23H32N6O5/c1-2-3-4-12-34-23(33)28-19(22(31)32)14-25-21(30)17-13-26-29(15-17)11-9-18-8-7-16-6-5-10-24-20(16)27-18/h7-8,13,15,19H,2-6,9-12,14H2,1H3,(H,24,27)(H,25,30)(H,28,33)(H,31,32). The summed E-state index contributed by atoms with van der Waals surface area (Å²) in [6.45, 7) is 3.43. The number of carboxylic acid groups (broad SMARTS) is 1. The van der Waals surface area contributed by atoms with Gasteiger partial charge in [-0.3, -0.25) is 9.48 Å². The maximum absolute atomic E-state index is 12.4. The lowest BCUT2D eigenvalue weighted by Crippen LogP contribution is -2.48. The molecule has 3 heterocycles. The molecule has 0 saturated carbocycles. The predicted octanol–water partition coefficient (Wildman–Crippen LogP) is 1.98. The van der Waals surface area contributed by atoms with E-state index in [4.69, 9.17) is 4.74 Å². The molecule has 1 unspecified atom stereocenters. The van der Waals surface area contributed by atoms with Gasteiger partial charge in [-0.25, -0.2) is 14.6 Å². The van der Waals surface area contributed by atoms with Crippen molar-refractivity contribution in [2.45, 2.75) is 58.0 Å². The summed E-state index contributed by atoms with van der Waals surface area (Å²) in [5, 5.41) is 21.6. The fourth-order valence-corrected chi connectivity index (χ4v) is 3.54. The van der Waals surface area contributed by atoms with Gasteiger partial charge in [0.25, 0.3) is 5.91 Å². The van der Waals surface area contributed by atoms with Crippen molar-refractivity contribution < 1.29 is 24.2 Å². The van der Waals surface area contributed by atoms with Crippen LogP contribution in [-0.4, -0.2) is 63.6 Å². The Labute approximate surface area is 198 Å². The zero-order valence-corrected chi connectivity index (χ0v) is 19.4. The van der Waals surface area contributed by atoms with Crippen LogP contribution in [0.25, 0.3) is 0 Å². The van der Waals surface area contributed by atoms with E-state index in [0.29, 0.717) is 24.9 Å². The fraction of sp³-hybridized carbons (Fsp3) is 0.522. The van der Waals surface area contributed by atoms with E-state index in [0.717, 1.165) is 43.7 Å². The van der Waals surface area contributed by atoms with Gasteiger partial charge in [0.15, 0.2) is 0 Å². The van der Waals surface area contributed by atoms with E-state index in [9.17, 15) is 19.5 Å². The van der Waals surface area contributed by atoms with E-state index in [1.165, 1.54) is 11.8 Å². The smallest absolute Gasteiger partial charge is 0.407 e.